The maximum Gasteiger partial charge on any atom is 0.122 e. The van der Waals surface area contributed by atoms with Gasteiger partial charge in [0.05, 0.1) is 6.61 Å². The maximum absolute atomic E-state index is 5.95. The predicted octanol–water partition coefficient (Wildman–Crippen LogP) is 2.76. The standard InChI is InChI=1S/C13H21NO/c1-3-9-15-13-8-6-5-7-11(13)10-12(14)4-2/h5-8,12H,3-4,9-10,14H2,1-2H3. The number of para-hydroxylation sites is 1. The lowest BCUT2D eigenvalue weighted by Gasteiger charge is -2.13. The molecule has 1 aromatic rings. The van der Waals surface area contributed by atoms with Crippen molar-refractivity contribution >= 4 is 0 Å². The molecule has 0 fully saturated rings. The van der Waals surface area contributed by atoms with Gasteiger partial charge in [0.15, 0.2) is 0 Å². The normalized spacial score (nSPS) is 12.5. The highest BCUT2D eigenvalue weighted by molar-refractivity contribution is 5.33. The van der Waals surface area contributed by atoms with Gasteiger partial charge in [-0.3, -0.25) is 0 Å². The van der Waals surface area contributed by atoms with E-state index in [1.165, 1.54) is 5.56 Å². The molecule has 84 valence electrons. The van der Waals surface area contributed by atoms with E-state index in [1.54, 1.807) is 0 Å². The largest absolute Gasteiger partial charge is 0.493 e. The second kappa shape index (κ2) is 6.46. The summed E-state index contributed by atoms with van der Waals surface area (Å²) in [4.78, 5) is 0. The molecule has 0 amide bonds. The third-order valence-corrected chi connectivity index (χ3v) is 2.44. The van der Waals surface area contributed by atoms with Crippen molar-refractivity contribution in [2.24, 2.45) is 5.73 Å². The minimum atomic E-state index is 0.233. The van der Waals surface area contributed by atoms with E-state index in [2.05, 4.69) is 19.9 Å². The van der Waals surface area contributed by atoms with Crippen molar-refractivity contribution in [2.75, 3.05) is 6.61 Å². The fraction of sp³-hybridized carbons (Fsp3) is 0.538. The van der Waals surface area contributed by atoms with Crippen molar-refractivity contribution in [2.45, 2.75) is 39.2 Å². The van der Waals surface area contributed by atoms with Crippen molar-refractivity contribution in [1.82, 2.24) is 0 Å². The average Bonchev–Trinajstić information content (AvgIpc) is 2.28. The molecule has 0 heterocycles. The summed E-state index contributed by atoms with van der Waals surface area (Å²) in [7, 11) is 0. The van der Waals surface area contributed by atoms with Gasteiger partial charge in [0.2, 0.25) is 0 Å². The molecular weight excluding hydrogens is 186 g/mol. The molecule has 0 aliphatic carbocycles. The second-order valence-electron chi connectivity index (χ2n) is 3.83. The molecular formula is C13H21NO. The Labute approximate surface area is 92.4 Å². The summed E-state index contributed by atoms with van der Waals surface area (Å²) in [6, 6.07) is 8.40. The third kappa shape index (κ3) is 3.92. The van der Waals surface area contributed by atoms with Gasteiger partial charge in [-0.15, -0.1) is 0 Å². The first-order valence-electron chi connectivity index (χ1n) is 5.74. The van der Waals surface area contributed by atoms with Gasteiger partial charge in [0.1, 0.15) is 5.75 Å². The SMILES string of the molecule is CCCOc1ccccc1CC(N)CC. The van der Waals surface area contributed by atoms with Gasteiger partial charge in [-0.2, -0.15) is 0 Å². The maximum atomic E-state index is 5.95. The van der Waals surface area contributed by atoms with E-state index < -0.39 is 0 Å². The molecule has 0 saturated heterocycles. The molecule has 0 saturated carbocycles. The molecule has 1 aromatic carbocycles. The van der Waals surface area contributed by atoms with Crippen LogP contribution < -0.4 is 10.5 Å². The Morgan fingerprint density at radius 3 is 2.67 bits per heavy atom. The summed E-state index contributed by atoms with van der Waals surface area (Å²) in [5, 5.41) is 0. The van der Waals surface area contributed by atoms with Crippen LogP contribution >= 0.6 is 0 Å². The van der Waals surface area contributed by atoms with Crippen LogP contribution in [0.5, 0.6) is 5.75 Å². The highest BCUT2D eigenvalue weighted by Crippen LogP contribution is 2.19. The van der Waals surface area contributed by atoms with Crippen molar-refractivity contribution in [3.63, 3.8) is 0 Å². The summed E-state index contributed by atoms with van der Waals surface area (Å²) in [5.74, 6) is 0.989. The Balaban J connectivity index is 2.67. The number of ether oxygens (including phenoxy) is 1. The van der Waals surface area contributed by atoms with Crippen LogP contribution in [0.4, 0.5) is 0 Å². The average molecular weight is 207 g/mol. The van der Waals surface area contributed by atoms with E-state index >= 15 is 0 Å². The second-order valence-corrected chi connectivity index (χ2v) is 3.83. The Bertz CT molecular complexity index is 286. The number of benzene rings is 1. The number of nitrogens with two attached hydrogens (primary N) is 1. The summed E-state index contributed by atoms with van der Waals surface area (Å²) in [6.07, 6.45) is 2.94. The molecule has 15 heavy (non-hydrogen) atoms. The van der Waals surface area contributed by atoms with Crippen LogP contribution in [0, 0.1) is 0 Å². The van der Waals surface area contributed by atoms with Crippen molar-refractivity contribution in [1.29, 1.82) is 0 Å². The zero-order chi connectivity index (χ0) is 11.1. The van der Waals surface area contributed by atoms with Crippen LogP contribution in [-0.4, -0.2) is 12.6 Å². The van der Waals surface area contributed by atoms with E-state index in [4.69, 9.17) is 10.5 Å². The zero-order valence-corrected chi connectivity index (χ0v) is 9.70. The monoisotopic (exact) mass is 207 g/mol. The lowest BCUT2D eigenvalue weighted by Crippen LogP contribution is -2.21. The first-order valence-corrected chi connectivity index (χ1v) is 5.74. The topological polar surface area (TPSA) is 35.2 Å². The van der Waals surface area contributed by atoms with Crippen molar-refractivity contribution < 1.29 is 4.74 Å². The molecule has 0 aromatic heterocycles. The fourth-order valence-electron chi connectivity index (χ4n) is 1.45. The first-order chi connectivity index (χ1) is 7.27. The van der Waals surface area contributed by atoms with Crippen molar-refractivity contribution in [3.05, 3.63) is 29.8 Å². The van der Waals surface area contributed by atoms with Crippen molar-refractivity contribution in [3.8, 4) is 5.75 Å². The molecule has 0 spiro atoms. The van der Waals surface area contributed by atoms with Gasteiger partial charge in [0.25, 0.3) is 0 Å². The van der Waals surface area contributed by atoms with Gasteiger partial charge in [-0.1, -0.05) is 32.0 Å². The van der Waals surface area contributed by atoms with Gasteiger partial charge in [-0.25, -0.2) is 0 Å². The lowest BCUT2D eigenvalue weighted by atomic mass is 10.0. The van der Waals surface area contributed by atoms with E-state index in [0.717, 1.165) is 31.6 Å². The van der Waals surface area contributed by atoms with E-state index in [1.807, 2.05) is 18.2 Å². The Morgan fingerprint density at radius 1 is 1.27 bits per heavy atom. The summed E-state index contributed by atoms with van der Waals surface area (Å²) < 4.78 is 5.68. The van der Waals surface area contributed by atoms with Crippen LogP contribution in [-0.2, 0) is 6.42 Å². The quantitative estimate of drug-likeness (QED) is 0.778. The molecule has 0 aliphatic rings. The van der Waals surface area contributed by atoms with Crippen LogP contribution in [0.15, 0.2) is 24.3 Å². The molecule has 2 nitrogen and oxygen atoms in total. The Kier molecular flexibility index (Phi) is 5.19. The van der Waals surface area contributed by atoms with Crippen LogP contribution in [0.2, 0.25) is 0 Å². The first kappa shape index (κ1) is 12.1. The molecule has 1 atom stereocenters. The molecule has 2 N–H and O–H groups in total. The third-order valence-electron chi connectivity index (χ3n) is 2.44. The molecule has 0 aliphatic heterocycles. The fourth-order valence-corrected chi connectivity index (χ4v) is 1.45. The summed E-state index contributed by atoms with van der Waals surface area (Å²) >= 11 is 0. The van der Waals surface area contributed by atoms with Crippen LogP contribution in [0.3, 0.4) is 0 Å². The summed E-state index contributed by atoms with van der Waals surface area (Å²) in [6.45, 7) is 5.00. The Hall–Kier alpha value is -1.02. The van der Waals surface area contributed by atoms with Gasteiger partial charge in [0, 0.05) is 6.04 Å². The number of hydrogen-bond donors (Lipinski definition) is 1. The lowest BCUT2D eigenvalue weighted by molar-refractivity contribution is 0.313. The molecule has 1 rings (SSSR count). The molecule has 1 unspecified atom stereocenters. The molecule has 0 bridgehead atoms. The Morgan fingerprint density at radius 2 is 2.00 bits per heavy atom. The van der Waals surface area contributed by atoms with Crippen LogP contribution in [0.25, 0.3) is 0 Å². The predicted molar refractivity (Wildman–Crippen MR) is 64.2 cm³/mol. The highest BCUT2D eigenvalue weighted by Gasteiger charge is 2.06. The molecule has 2 heteroatoms. The van der Waals surface area contributed by atoms with Crippen LogP contribution in [0.1, 0.15) is 32.3 Å². The zero-order valence-electron chi connectivity index (χ0n) is 9.70. The van der Waals surface area contributed by atoms with E-state index in [0.29, 0.717) is 0 Å². The smallest absolute Gasteiger partial charge is 0.122 e. The van der Waals surface area contributed by atoms with Gasteiger partial charge < -0.3 is 10.5 Å². The highest BCUT2D eigenvalue weighted by atomic mass is 16.5. The minimum absolute atomic E-state index is 0.233. The van der Waals surface area contributed by atoms with Gasteiger partial charge >= 0.3 is 0 Å². The number of rotatable bonds is 6. The van der Waals surface area contributed by atoms with Gasteiger partial charge in [-0.05, 0) is 30.9 Å². The summed E-state index contributed by atoms with van der Waals surface area (Å²) in [5.41, 5.74) is 7.17. The van der Waals surface area contributed by atoms with E-state index in [9.17, 15) is 0 Å². The number of hydrogen-bond acceptors (Lipinski definition) is 2. The minimum Gasteiger partial charge on any atom is -0.493 e. The van der Waals surface area contributed by atoms with E-state index in [-0.39, 0.29) is 6.04 Å². The molecule has 0 radical (unpaired) electrons.